The fraction of sp³-hybridized carbons (Fsp3) is 0.444. The molecule has 1 aliphatic rings. The second-order valence-electron chi connectivity index (χ2n) is 5.80. The van der Waals surface area contributed by atoms with Gasteiger partial charge in [0.15, 0.2) is 0 Å². The molecule has 2 rings (SSSR count). The smallest absolute Gasteiger partial charge is 0.243 e. The number of aryl methyl sites for hydroxylation is 1. The SMILES string of the molecule is C=CC(=O)N[C@H]1CC[C@@H](C(=O)Nc2cccc(CC)c2)CC1. The van der Waals surface area contributed by atoms with Crippen molar-refractivity contribution >= 4 is 17.5 Å². The van der Waals surface area contributed by atoms with Crippen LogP contribution in [0.5, 0.6) is 0 Å². The summed E-state index contributed by atoms with van der Waals surface area (Å²) in [5, 5.41) is 5.91. The summed E-state index contributed by atoms with van der Waals surface area (Å²) in [6.45, 7) is 5.55. The van der Waals surface area contributed by atoms with Crippen molar-refractivity contribution in [3.8, 4) is 0 Å². The molecule has 1 saturated carbocycles. The lowest BCUT2D eigenvalue weighted by atomic mass is 9.85. The third kappa shape index (κ3) is 4.45. The normalized spacial score (nSPS) is 21.0. The van der Waals surface area contributed by atoms with E-state index in [4.69, 9.17) is 0 Å². The van der Waals surface area contributed by atoms with E-state index in [0.717, 1.165) is 37.8 Å². The summed E-state index contributed by atoms with van der Waals surface area (Å²) < 4.78 is 0. The van der Waals surface area contributed by atoms with Crippen LogP contribution in [-0.4, -0.2) is 17.9 Å². The average Bonchev–Trinajstić information content (AvgIpc) is 2.55. The topological polar surface area (TPSA) is 58.2 Å². The summed E-state index contributed by atoms with van der Waals surface area (Å²) in [6.07, 6.45) is 5.54. The van der Waals surface area contributed by atoms with Crippen LogP contribution in [0.15, 0.2) is 36.9 Å². The Hall–Kier alpha value is -2.10. The van der Waals surface area contributed by atoms with Crippen LogP contribution in [0.3, 0.4) is 0 Å². The standard InChI is InChI=1S/C18H24N2O2/c1-3-13-6-5-7-16(12-13)20-18(22)14-8-10-15(11-9-14)19-17(21)4-2/h4-7,12,14-15H,2-3,8-11H2,1H3,(H,19,21)(H,20,22)/t14-,15+. The van der Waals surface area contributed by atoms with Crippen molar-refractivity contribution in [2.24, 2.45) is 5.92 Å². The molecule has 4 nitrogen and oxygen atoms in total. The van der Waals surface area contributed by atoms with Gasteiger partial charge in [-0.1, -0.05) is 25.6 Å². The lowest BCUT2D eigenvalue weighted by Gasteiger charge is -2.28. The molecule has 0 atom stereocenters. The molecule has 0 heterocycles. The van der Waals surface area contributed by atoms with E-state index in [1.54, 1.807) is 0 Å². The zero-order valence-corrected chi connectivity index (χ0v) is 13.1. The highest BCUT2D eigenvalue weighted by molar-refractivity contribution is 5.92. The third-order valence-electron chi connectivity index (χ3n) is 4.23. The first-order valence-corrected chi connectivity index (χ1v) is 7.95. The number of hydrogen-bond acceptors (Lipinski definition) is 2. The van der Waals surface area contributed by atoms with Crippen LogP contribution < -0.4 is 10.6 Å². The Bertz CT molecular complexity index is 546. The van der Waals surface area contributed by atoms with Gasteiger partial charge in [-0.3, -0.25) is 9.59 Å². The number of carbonyl (C=O) groups is 2. The summed E-state index contributed by atoms with van der Waals surface area (Å²) >= 11 is 0. The molecule has 0 aliphatic heterocycles. The predicted octanol–water partition coefficient (Wildman–Crippen LogP) is 3.05. The highest BCUT2D eigenvalue weighted by atomic mass is 16.2. The van der Waals surface area contributed by atoms with Gasteiger partial charge in [0.1, 0.15) is 0 Å². The van der Waals surface area contributed by atoms with Gasteiger partial charge in [0.05, 0.1) is 0 Å². The largest absolute Gasteiger partial charge is 0.350 e. The molecule has 0 saturated heterocycles. The molecule has 0 spiro atoms. The Morgan fingerprint density at radius 1 is 1.27 bits per heavy atom. The number of benzene rings is 1. The van der Waals surface area contributed by atoms with Crippen LogP contribution in [0.4, 0.5) is 5.69 Å². The van der Waals surface area contributed by atoms with Crippen molar-refractivity contribution in [3.05, 3.63) is 42.5 Å². The highest BCUT2D eigenvalue weighted by Gasteiger charge is 2.26. The molecule has 1 aliphatic carbocycles. The quantitative estimate of drug-likeness (QED) is 0.821. The van der Waals surface area contributed by atoms with Crippen molar-refractivity contribution in [1.82, 2.24) is 5.32 Å². The van der Waals surface area contributed by atoms with E-state index in [2.05, 4.69) is 30.2 Å². The van der Waals surface area contributed by atoms with E-state index in [0.29, 0.717) is 0 Å². The molecule has 0 radical (unpaired) electrons. The van der Waals surface area contributed by atoms with E-state index in [9.17, 15) is 9.59 Å². The average molecular weight is 300 g/mol. The Morgan fingerprint density at radius 3 is 2.64 bits per heavy atom. The molecule has 1 aromatic carbocycles. The van der Waals surface area contributed by atoms with E-state index in [1.807, 2.05) is 18.2 Å². The van der Waals surface area contributed by atoms with Gasteiger partial charge < -0.3 is 10.6 Å². The Kier molecular flexibility index (Phi) is 5.75. The second-order valence-corrected chi connectivity index (χ2v) is 5.80. The molecule has 1 aromatic rings. The molecule has 0 aromatic heterocycles. The molecule has 4 heteroatoms. The summed E-state index contributed by atoms with van der Waals surface area (Å²) in [5.74, 6) is -0.0202. The molecule has 2 N–H and O–H groups in total. The van der Waals surface area contributed by atoms with Gasteiger partial charge in [-0.25, -0.2) is 0 Å². The van der Waals surface area contributed by atoms with E-state index in [-0.39, 0.29) is 23.8 Å². The fourth-order valence-electron chi connectivity index (χ4n) is 2.87. The maximum atomic E-state index is 12.3. The first-order chi connectivity index (χ1) is 10.6. The van der Waals surface area contributed by atoms with Crippen LogP contribution in [0.1, 0.15) is 38.2 Å². The van der Waals surface area contributed by atoms with Crippen LogP contribution in [-0.2, 0) is 16.0 Å². The minimum atomic E-state index is -0.135. The van der Waals surface area contributed by atoms with Gasteiger partial charge in [-0.05, 0) is 55.9 Å². The molecular formula is C18H24N2O2. The fourth-order valence-corrected chi connectivity index (χ4v) is 2.87. The summed E-state index contributed by atoms with van der Waals surface area (Å²) in [6, 6.07) is 8.14. The lowest BCUT2D eigenvalue weighted by molar-refractivity contribution is -0.121. The number of amides is 2. The van der Waals surface area contributed by atoms with Crippen molar-refractivity contribution in [1.29, 1.82) is 0 Å². The Labute approximate surface area is 132 Å². The van der Waals surface area contributed by atoms with Gasteiger partial charge in [0, 0.05) is 17.6 Å². The second kappa shape index (κ2) is 7.78. The van der Waals surface area contributed by atoms with Gasteiger partial charge in [0.2, 0.25) is 11.8 Å². The number of carbonyl (C=O) groups excluding carboxylic acids is 2. The van der Waals surface area contributed by atoms with Gasteiger partial charge >= 0.3 is 0 Å². The van der Waals surface area contributed by atoms with Crippen molar-refractivity contribution < 1.29 is 9.59 Å². The molecule has 118 valence electrons. The van der Waals surface area contributed by atoms with E-state index in [1.165, 1.54) is 11.6 Å². The van der Waals surface area contributed by atoms with Gasteiger partial charge in [-0.15, -0.1) is 0 Å². The minimum absolute atomic E-state index is 0.0298. The van der Waals surface area contributed by atoms with Crippen LogP contribution in [0, 0.1) is 5.92 Å². The van der Waals surface area contributed by atoms with E-state index >= 15 is 0 Å². The predicted molar refractivity (Wildman–Crippen MR) is 88.5 cm³/mol. The van der Waals surface area contributed by atoms with Crippen molar-refractivity contribution in [3.63, 3.8) is 0 Å². The van der Waals surface area contributed by atoms with E-state index < -0.39 is 0 Å². The maximum absolute atomic E-state index is 12.3. The van der Waals surface area contributed by atoms with Crippen LogP contribution >= 0.6 is 0 Å². The number of nitrogens with one attached hydrogen (secondary N) is 2. The molecule has 0 unspecified atom stereocenters. The summed E-state index contributed by atoms with van der Waals surface area (Å²) in [4.78, 5) is 23.6. The first-order valence-electron chi connectivity index (χ1n) is 7.95. The Balaban J connectivity index is 1.84. The highest BCUT2D eigenvalue weighted by Crippen LogP contribution is 2.26. The number of anilines is 1. The third-order valence-corrected chi connectivity index (χ3v) is 4.23. The van der Waals surface area contributed by atoms with Crippen molar-refractivity contribution in [2.45, 2.75) is 45.1 Å². The molecule has 22 heavy (non-hydrogen) atoms. The molecule has 1 fully saturated rings. The summed E-state index contributed by atoms with van der Waals surface area (Å²) in [5.41, 5.74) is 2.08. The zero-order chi connectivity index (χ0) is 15.9. The van der Waals surface area contributed by atoms with Gasteiger partial charge in [-0.2, -0.15) is 0 Å². The molecule has 0 bridgehead atoms. The monoisotopic (exact) mass is 300 g/mol. The Morgan fingerprint density at radius 2 is 2.00 bits per heavy atom. The lowest BCUT2D eigenvalue weighted by Crippen LogP contribution is -2.38. The first kappa shape index (κ1) is 16.3. The van der Waals surface area contributed by atoms with Crippen LogP contribution in [0.25, 0.3) is 0 Å². The minimum Gasteiger partial charge on any atom is -0.350 e. The summed E-state index contributed by atoms with van der Waals surface area (Å²) in [7, 11) is 0. The van der Waals surface area contributed by atoms with Gasteiger partial charge in [0.25, 0.3) is 0 Å². The molecule has 2 amide bonds. The zero-order valence-electron chi connectivity index (χ0n) is 13.1. The maximum Gasteiger partial charge on any atom is 0.243 e. The van der Waals surface area contributed by atoms with Crippen LogP contribution in [0.2, 0.25) is 0 Å². The van der Waals surface area contributed by atoms with Crippen molar-refractivity contribution in [2.75, 3.05) is 5.32 Å². The number of hydrogen-bond donors (Lipinski definition) is 2. The molecular weight excluding hydrogens is 276 g/mol. The number of rotatable bonds is 5.